The Kier molecular flexibility index (Phi) is 8.62. The van der Waals surface area contributed by atoms with Gasteiger partial charge in [0.05, 0.1) is 6.61 Å². The van der Waals surface area contributed by atoms with Crippen LogP contribution < -0.4 is 0 Å². The Morgan fingerprint density at radius 2 is 1.57 bits per heavy atom. The molecule has 0 aromatic heterocycles. The van der Waals surface area contributed by atoms with E-state index in [9.17, 15) is 0 Å². The van der Waals surface area contributed by atoms with Crippen LogP contribution in [0, 0.1) is 17.4 Å². The molecule has 0 saturated heterocycles. The van der Waals surface area contributed by atoms with Crippen molar-refractivity contribution in [3.8, 4) is 11.5 Å². The van der Waals surface area contributed by atoms with Crippen molar-refractivity contribution in [3.63, 3.8) is 0 Å². The molecule has 0 aliphatic heterocycles. The van der Waals surface area contributed by atoms with Gasteiger partial charge in [0, 0.05) is 6.04 Å². The van der Waals surface area contributed by atoms with Gasteiger partial charge in [0.1, 0.15) is 14.7 Å². The van der Waals surface area contributed by atoms with E-state index >= 15 is 0 Å². The molecule has 0 unspecified atom stereocenters. The molecule has 0 spiro atoms. The first-order chi connectivity index (χ1) is 10.1. The van der Waals surface area contributed by atoms with Crippen LogP contribution in [0.4, 0.5) is 0 Å². The van der Waals surface area contributed by atoms with E-state index in [-0.39, 0.29) is 0 Å². The van der Waals surface area contributed by atoms with Gasteiger partial charge in [0.25, 0.3) is 0 Å². The van der Waals surface area contributed by atoms with Gasteiger partial charge in [-0.3, -0.25) is 0 Å². The van der Waals surface area contributed by atoms with Gasteiger partial charge in [0.15, 0.2) is 0 Å². The molecule has 0 amide bonds. The molecule has 1 fully saturated rings. The predicted octanol–water partition coefficient (Wildman–Crippen LogP) is 4.17. The summed E-state index contributed by atoms with van der Waals surface area (Å²) in [6.07, 6.45) is 5.27. The summed E-state index contributed by atoms with van der Waals surface area (Å²) in [6, 6.07) is 4.62. The van der Waals surface area contributed by atoms with Gasteiger partial charge < -0.3 is 9.64 Å². The Balaban J connectivity index is 2.24. The van der Waals surface area contributed by atoms with E-state index < -0.39 is 8.07 Å². The largest absolute Gasteiger partial charge is 0.369 e. The first-order valence-corrected chi connectivity index (χ1v) is 11.4. The lowest BCUT2D eigenvalue weighted by atomic mass is 9.86. The van der Waals surface area contributed by atoms with Crippen molar-refractivity contribution in [1.82, 2.24) is 4.90 Å². The second-order valence-electron chi connectivity index (χ2n) is 6.80. The molecule has 0 aromatic rings. The number of nitrogens with zero attached hydrogens (tertiary/aromatic N) is 1. The van der Waals surface area contributed by atoms with Gasteiger partial charge in [-0.15, -0.1) is 5.54 Å². The summed E-state index contributed by atoms with van der Waals surface area (Å²) in [5.74, 6) is 4.08. The molecule has 21 heavy (non-hydrogen) atoms. The summed E-state index contributed by atoms with van der Waals surface area (Å²) in [5, 5.41) is 0. The Bertz CT molecular complexity index is 325. The molecule has 0 atom stereocenters. The standard InChI is InChI=1S/C18H35NOSi/c1-6-21(7-2,8-3)15-9-14-20-16-17-10-12-18(13-11-17)19(4)5/h17-18H,6-8,10-14,16H2,1-5H3. The summed E-state index contributed by atoms with van der Waals surface area (Å²) in [7, 11) is 3.12. The van der Waals surface area contributed by atoms with Crippen LogP contribution in [0.1, 0.15) is 46.5 Å². The Morgan fingerprint density at radius 1 is 1.00 bits per heavy atom. The van der Waals surface area contributed by atoms with Gasteiger partial charge in [-0.05, 0) is 63.8 Å². The smallest absolute Gasteiger partial charge is 0.137 e. The normalized spacial score (nSPS) is 23.0. The van der Waals surface area contributed by atoms with E-state index in [1.165, 1.54) is 43.8 Å². The van der Waals surface area contributed by atoms with Crippen LogP contribution in [0.5, 0.6) is 0 Å². The van der Waals surface area contributed by atoms with E-state index in [1.807, 2.05) is 0 Å². The lowest BCUT2D eigenvalue weighted by Crippen LogP contribution is -2.33. The maximum absolute atomic E-state index is 5.83. The van der Waals surface area contributed by atoms with Gasteiger partial charge in [-0.2, -0.15) is 0 Å². The van der Waals surface area contributed by atoms with Crippen LogP contribution in [0.3, 0.4) is 0 Å². The fourth-order valence-electron chi connectivity index (χ4n) is 3.34. The lowest BCUT2D eigenvalue weighted by molar-refractivity contribution is 0.0907. The van der Waals surface area contributed by atoms with E-state index in [4.69, 9.17) is 4.74 Å². The molecular formula is C18H35NOSi. The van der Waals surface area contributed by atoms with Gasteiger partial charge in [-0.25, -0.2) is 0 Å². The number of ether oxygens (including phenoxy) is 1. The lowest BCUT2D eigenvalue weighted by Gasteiger charge is -2.32. The topological polar surface area (TPSA) is 12.5 Å². The third-order valence-corrected chi connectivity index (χ3v) is 10.2. The zero-order valence-corrected chi connectivity index (χ0v) is 15.9. The predicted molar refractivity (Wildman–Crippen MR) is 95.2 cm³/mol. The molecular weight excluding hydrogens is 274 g/mol. The highest BCUT2D eigenvalue weighted by molar-refractivity contribution is 6.87. The number of rotatable bonds is 7. The van der Waals surface area contributed by atoms with Crippen LogP contribution >= 0.6 is 0 Å². The highest BCUT2D eigenvalue weighted by atomic mass is 28.3. The molecule has 1 rings (SSSR count). The molecule has 1 aliphatic rings. The monoisotopic (exact) mass is 309 g/mol. The van der Waals surface area contributed by atoms with E-state index in [0.717, 1.165) is 18.6 Å². The Labute approximate surface area is 133 Å². The molecule has 2 nitrogen and oxygen atoms in total. The fraction of sp³-hybridized carbons (Fsp3) is 0.889. The average molecular weight is 310 g/mol. The van der Waals surface area contributed by atoms with Crippen molar-refractivity contribution in [1.29, 1.82) is 0 Å². The Morgan fingerprint density at radius 3 is 2.05 bits per heavy atom. The molecule has 3 heteroatoms. The third-order valence-electron chi connectivity index (χ3n) is 5.46. The molecule has 0 radical (unpaired) electrons. The highest BCUT2D eigenvalue weighted by Gasteiger charge is 2.24. The van der Waals surface area contributed by atoms with Gasteiger partial charge in [-0.1, -0.05) is 26.7 Å². The summed E-state index contributed by atoms with van der Waals surface area (Å²) in [5.41, 5.74) is 3.60. The number of hydrogen-bond acceptors (Lipinski definition) is 2. The Hall–Kier alpha value is -0.303. The fourth-order valence-corrected chi connectivity index (χ4v) is 5.82. The van der Waals surface area contributed by atoms with Gasteiger partial charge >= 0.3 is 0 Å². The van der Waals surface area contributed by atoms with Gasteiger partial charge in [0.2, 0.25) is 0 Å². The molecule has 1 saturated carbocycles. The summed E-state index contributed by atoms with van der Waals surface area (Å²) in [4.78, 5) is 2.37. The zero-order valence-electron chi connectivity index (χ0n) is 14.9. The molecule has 0 heterocycles. The molecule has 122 valence electrons. The summed E-state index contributed by atoms with van der Waals surface area (Å²) < 4.78 is 5.83. The first kappa shape index (κ1) is 18.7. The SMILES string of the molecule is CC[Si](C#CCOCC1CCC(N(C)C)CC1)(CC)CC. The van der Waals surface area contributed by atoms with E-state index in [1.54, 1.807) is 0 Å². The van der Waals surface area contributed by atoms with Crippen molar-refractivity contribution in [2.75, 3.05) is 27.3 Å². The van der Waals surface area contributed by atoms with Crippen molar-refractivity contribution in [3.05, 3.63) is 0 Å². The first-order valence-electron chi connectivity index (χ1n) is 8.81. The minimum Gasteiger partial charge on any atom is -0.369 e. The quantitative estimate of drug-likeness (QED) is 0.397. The van der Waals surface area contributed by atoms with Crippen LogP contribution in [-0.4, -0.2) is 46.3 Å². The molecule has 1 aliphatic carbocycles. The molecule has 0 bridgehead atoms. The maximum atomic E-state index is 5.83. The van der Waals surface area contributed by atoms with Crippen LogP contribution in [0.15, 0.2) is 0 Å². The van der Waals surface area contributed by atoms with Crippen LogP contribution in [0.2, 0.25) is 18.1 Å². The van der Waals surface area contributed by atoms with Crippen molar-refractivity contribution in [2.45, 2.75) is 70.6 Å². The van der Waals surface area contributed by atoms with Crippen molar-refractivity contribution in [2.24, 2.45) is 5.92 Å². The van der Waals surface area contributed by atoms with E-state index in [2.05, 4.69) is 51.2 Å². The minimum atomic E-state index is -1.28. The minimum absolute atomic E-state index is 0.641. The van der Waals surface area contributed by atoms with Crippen molar-refractivity contribution >= 4 is 8.07 Å². The summed E-state index contributed by atoms with van der Waals surface area (Å²) in [6.45, 7) is 8.46. The van der Waals surface area contributed by atoms with E-state index in [0.29, 0.717) is 6.61 Å². The van der Waals surface area contributed by atoms with Crippen molar-refractivity contribution < 1.29 is 4.74 Å². The van der Waals surface area contributed by atoms with Crippen LogP contribution in [0.25, 0.3) is 0 Å². The highest BCUT2D eigenvalue weighted by Crippen LogP contribution is 2.26. The second-order valence-corrected chi connectivity index (χ2v) is 11.7. The van der Waals surface area contributed by atoms with Crippen LogP contribution in [-0.2, 0) is 4.74 Å². The molecule has 0 aromatic carbocycles. The average Bonchev–Trinajstić information content (AvgIpc) is 2.52. The molecule has 0 N–H and O–H groups in total. The second kappa shape index (κ2) is 9.66. The maximum Gasteiger partial charge on any atom is 0.137 e. The third kappa shape index (κ3) is 6.14. The zero-order chi connectivity index (χ0) is 15.7. The number of hydrogen-bond donors (Lipinski definition) is 0. The summed E-state index contributed by atoms with van der Waals surface area (Å²) >= 11 is 0.